The van der Waals surface area contributed by atoms with Crippen LogP contribution in [-0.4, -0.2) is 48.3 Å². The lowest BCUT2D eigenvalue weighted by Gasteiger charge is -2.30. The van der Waals surface area contributed by atoms with Gasteiger partial charge in [0.1, 0.15) is 23.7 Å². The zero-order valence-corrected chi connectivity index (χ0v) is 19.0. The number of rotatable bonds is 9. The standard InChI is InChI=1S/C24H29FN6O3/c1-33-9-10-34-20-12-15(11-14-5-4-8-28-21(14)20)29-23-16(22(27)32)13-17(25)24(31-23)30-19-7-3-2-6-18(19)26/h4-5,8,11-13,18-19H,2-3,6-7,9-10,26H2,1H3,(H2,27,32)(H2,29,30,31). The molecule has 2 atom stereocenters. The molecular weight excluding hydrogens is 439 g/mol. The lowest BCUT2D eigenvalue weighted by molar-refractivity contribution is 0.100. The van der Waals surface area contributed by atoms with Gasteiger partial charge in [-0.2, -0.15) is 0 Å². The number of ether oxygens (including phenoxy) is 2. The van der Waals surface area contributed by atoms with E-state index < -0.39 is 11.7 Å². The van der Waals surface area contributed by atoms with E-state index in [9.17, 15) is 9.18 Å². The Balaban J connectivity index is 1.68. The molecule has 10 heteroatoms. The third-order valence-corrected chi connectivity index (χ3v) is 5.86. The predicted molar refractivity (Wildman–Crippen MR) is 129 cm³/mol. The summed E-state index contributed by atoms with van der Waals surface area (Å²) in [4.78, 5) is 20.8. The molecule has 6 N–H and O–H groups in total. The first-order valence-corrected chi connectivity index (χ1v) is 11.3. The molecule has 0 aliphatic heterocycles. The summed E-state index contributed by atoms with van der Waals surface area (Å²) in [5.41, 5.74) is 12.9. The van der Waals surface area contributed by atoms with Gasteiger partial charge in [0.05, 0.1) is 12.2 Å². The van der Waals surface area contributed by atoms with Crippen LogP contribution in [0.1, 0.15) is 36.0 Å². The molecule has 4 rings (SSSR count). The van der Waals surface area contributed by atoms with E-state index in [0.29, 0.717) is 30.2 Å². The van der Waals surface area contributed by atoms with Gasteiger partial charge in [0.15, 0.2) is 11.6 Å². The van der Waals surface area contributed by atoms with Gasteiger partial charge in [0, 0.05) is 42.5 Å². The van der Waals surface area contributed by atoms with E-state index in [1.54, 1.807) is 19.4 Å². The highest BCUT2D eigenvalue weighted by atomic mass is 19.1. The van der Waals surface area contributed by atoms with E-state index in [4.69, 9.17) is 20.9 Å². The second-order valence-corrected chi connectivity index (χ2v) is 8.29. The Hall–Kier alpha value is -3.50. The van der Waals surface area contributed by atoms with Crippen molar-refractivity contribution in [2.45, 2.75) is 37.8 Å². The molecule has 2 aromatic heterocycles. The number of halogens is 1. The Bertz CT molecular complexity index is 1170. The summed E-state index contributed by atoms with van der Waals surface area (Å²) in [5.74, 6) is -0.773. The molecule has 0 spiro atoms. The van der Waals surface area contributed by atoms with Crippen LogP contribution < -0.4 is 26.8 Å². The highest BCUT2D eigenvalue weighted by Gasteiger charge is 2.24. The van der Waals surface area contributed by atoms with Crippen LogP contribution in [0.25, 0.3) is 10.9 Å². The van der Waals surface area contributed by atoms with E-state index >= 15 is 0 Å². The summed E-state index contributed by atoms with van der Waals surface area (Å²) in [6.07, 6.45) is 5.42. The average molecular weight is 469 g/mol. The van der Waals surface area contributed by atoms with Crippen molar-refractivity contribution in [3.63, 3.8) is 0 Å². The Morgan fingerprint density at radius 1 is 1.21 bits per heavy atom. The van der Waals surface area contributed by atoms with Gasteiger partial charge in [-0.05, 0) is 31.0 Å². The predicted octanol–water partition coefficient (Wildman–Crippen LogP) is 3.32. The molecule has 1 saturated carbocycles. The quantitative estimate of drug-likeness (QED) is 0.351. The van der Waals surface area contributed by atoms with Crippen molar-refractivity contribution in [1.29, 1.82) is 0 Å². The van der Waals surface area contributed by atoms with Crippen molar-refractivity contribution in [3.05, 3.63) is 47.9 Å². The van der Waals surface area contributed by atoms with Gasteiger partial charge in [-0.15, -0.1) is 0 Å². The van der Waals surface area contributed by atoms with Gasteiger partial charge in [-0.3, -0.25) is 9.78 Å². The zero-order chi connectivity index (χ0) is 24.1. The molecule has 0 bridgehead atoms. The molecule has 2 heterocycles. The maximum Gasteiger partial charge on any atom is 0.252 e. The van der Waals surface area contributed by atoms with Gasteiger partial charge >= 0.3 is 0 Å². The molecule has 0 saturated heterocycles. The Kier molecular flexibility index (Phi) is 7.39. The number of fused-ring (bicyclic) bond motifs is 1. The van der Waals surface area contributed by atoms with Crippen molar-refractivity contribution in [2.75, 3.05) is 31.0 Å². The molecule has 1 aliphatic rings. The summed E-state index contributed by atoms with van der Waals surface area (Å²) in [6.45, 7) is 0.748. The van der Waals surface area contributed by atoms with Crippen LogP contribution >= 0.6 is 0 Å². The van der Waals surface area contributed by atoms with Gasteiger partial charge in [-0.25, -0.2) is 9.37 Å². The fourth-order valence-corrected chi connectivity index (χ4v) is 4.10. The van der Waals surface area contributed by atoms with Crippen LogP contribution in [0.2, 0.25) is 0 Å². The minimum Gasteiger partial charge on any atom is -0.489 e. The molecule has 34 heavy (non-hydrogen) atoms. The maximum atomic E-state index is 14.8. The van der Waals surface area contributed by atoms with E-state index in [1.807, 2.05) is 18.2 Å². The smallest absolute Gasteiger partial charge is 0.252 e. The molecule has 2 unspecified atom stereocenters. The molecule has 1 fully saturated rings. The number of hydrogen-bond acceptors (Lipinski definition) is 8. The number of pyridine rings is 2. The minimum atomic E-state index is -0.797. The first-order chi connectivity index (χ1) is 16.5. The number of benzene rings is 1. The Morgan fingerprint density at radius 3 is 2.79 bits per heavy atom. The highest BCUT2D eigenvalue weighted by Crippen LogP contribution is 2.32. The van der Waals surface area contributed by atoms with Gasteiger partial charge < -0.3 is 31.6 Å². The number of anilines is 3. The third-order valence-electron chi connectivity index (χ3n) is 5.86. The molecule has 1 amide bonds. The van der Waals surface area contributed by atoms with Crippen LogP contribution in [-0.2, 0) is 4.74 Å². The SMILES string of the molecule is COCCOc1cc(Nc2nc(NC3CCCCC3N)c(F)cc2C(N)=O)cc2cccnc12. The normalized spacial score (nSPS) is 18.0. The lowest BCUT2D eigenvalue weighted by atomic mass is 9.91. The van der Waals surface area contributed by atoms with E-state index in [0.717, 1.165) is 37.1 Å². The number of nitrogens with zero attached hydrogens (tertiary/aromatic N) is 2. The van der Waals surface area contributed by atoms with Crippen LogP contribution in [0.5, 0.6) is 5.75 Å². The Labute approximate surface area is 197 Å². The van der Waals surface area contributed by atoms with Crippen molar-refractivity contribution in [3.8, 4) is 5.75 Å². The second-order valence-electron chi connectivity index (χ2n) is 8.29. The highest BCUT2D eigenvalue weighted by molar-refractivity contribution is 5.99. The van der Waals surface area contributed by atoms with Gasteiger partial charge in [0.25, 0.3) is 5.91 Å². The van der Waals surface area contributed by atoms with Crippen molar-refractivity contribution >= 4 is 34.1 Å². The molecule has 1 aliphatic carbocycles. The topological polar surface area (TPSA) is 137 Å². The minimum absolute atomic E-state index is 0.0221. The third kappa shape index (κ3) is 5.35. The maximum absolute atomic E-state index is 14.8. The van der Waals surface area contributed by atoms with E-state index in [-0.39, 0.29) is 29.3 Å². The molecular formula is C24H29FN6O3. The van der Waals surface area contributed by atoms with Gasteiger partial charge in [0.2, 0.25) is 0 Å². The number of nitrogens with two attached hydrogens (primary N) is 2. The number of nitrogens with one attached hydrogen (secondary N) is 2. The summed E-state index contributed by atoms with van der Waals surface area (Å²) < 4.78 is 25.7. The van der Waals surface area contributed by atoms with Crippen LogP contribution in [0, 0.1) is 5.82 Å². The number of aromatic nitrogens is 2. The average Bonchev–Trinajstić information content (AvgIpc) is 2.82. The van der Waals surface area contributed by atoms with Crippen molar-refractivity contribution in [1.82, 2.24) is 9.97 Å². The van der Waals surface area contributed by atoms with E-state index in [1.165, 1.54) is 0 Å². The lowest BCUT2D eigenvalue weighted by Crippen LogP contribution is -2.43. The van der Waals surface area contributed by atoms with Crippen LogP contribution in [0.15, 0.2) is 36.5 Å². The first-order valence-electron chi connectivity index (χ1n) is 11.3. The summed E-state index contributed by atoms with van der Waals surface area (Å²) >= 11 is 0. The molecule has 9 nitrogen and oxygen atoms in total. The number of carbonyl (C=O) groups is 1. The second kappa shape index (κ2) is 10.6. The number of hydrogen-bond donors (Lipinski definition) is 4. The summed E-state index contributed by atoms with van der Waals surface area (Å²) in [6, 6.07) is 8.17. The Morgan fingerprint density at radius 2 is 2.03 bits per heavy atom. The molecule has 3 aromatic rings. The van der Waals surface area contributed by atoms with Crippen LogP contribution in [0.3, 0.4) is 0 Å². The van der Waals surface area contributed by atoms with E-state index in [2.05, 4.69) is 20.6 Å². The van der Waals surface area contributed by atoms with Crippen molar-refractivity contribution < 1.29 is 18.7 Å². The number of primary amides is 1. The number of carbonyl (C=O) groups excluding carboxylic acids is 1. The fraction of sp³-hybridized carbons (Fsp3) is 0.375. The first kappa shape index (κ1) is 23.7. The zero-order valence-electron chi connectivity index (χ0n) is 19.0. The summed E-state index contributed by atoms with van der Waals surface area (Å²) in [7, 11) is 1.59. The largest absolute Gasteiger partial charge is 0.489 e. The fourth-order valence-electron chi connectivity index (χ4n) is 4.10. The van der Waals surface area contributed by atoms with Crippen LogP contribution in [0.4, 0.5) is 21.7 Å². The monoisotopic (exact) mass is 468 g/mol. The number of methoxy groups -OCH3 is 1. The van der Waals surface area contributed by atoms with Crippen molar-refractivity contribution in [2.24, 2.45) is 11.5 Å². The van der Waals surface area contributed by atoms with Gasteiger partial charge in [-0.1, -0.05) is 18.9 Å². The molecule has 0 radical (unpaired) electrons. The molecule has 180 valence electrons. The summed E-state index contributed by atoms with van der Waals surface area (Å²) in [5, 5.41) is 7.03. The number of amides is 1. The molecule has 1 aromatic carbocycles.